The molecule has 70 valence electrons. The standard InChI is InChI=1S/C7H13FN2O2/c8-1-2-10-3-4-12-5-6(10)7(9)11/h6H,1-5H2,(H2,9,11). The van der Waals surface area contributed by atoms with E-state index in [9.17, 15) is 9.18 Å². The van der Waals surface area contributed by atoms with E-state index in [2.05, 4.69) is 0 Å². The normalized spacial score (nSPS) is 25.6. The SMILES string of the molecule is NC(=O)C1COCCN1CCF. The average molecular weight is 176 g/mol. The highest BCUT2D eigenvalue weighted by Crippen LogP contribution is 2.05. The number of primary amides is 1. The Hall–Kier alpha value is -0.680. The fraction of sp³-hybridized carbons (Fsp3) is 0.857. The molecule has 4 nitrogen and oxygen atoms in total. The third kappa shape index (κ3) is 2.15. The number of ether oxygens (including phenoxy) is 1. The molecule has 2 N–H and O–H groups in total. The first-order valence-electron chi connectivity index (χ1n) is 3.92. The molecule has 0 aromatic heterocycles. The van der Waals surface area contributed by atoms with Gasteiger partial charge in [-0.2, -0.15) is 0 Å². The van der Waals surface area contributed by atoms with Crippen molar-refractivity contribution < 1.29 is 13.9 Å². The van der Waals surface area contributed by atoms with Gasteiger partial charge in [0.2, 0.25) is 5.91 Å². The molecule has 0 saturated carbocycles. The molecule has 1 rings (SSSR count). The highest BCUT2D eigenvalue weighted by molar-refractivity contribution is 5.80. The highest BCUT2D eigenvalue weighted by atomic mass is 19.1. The number of amides is 1. The van der Waals surface area contributed by atoms with Gasteiger partial charge in [-0.25, -0.2) is 4.39 Å². The van der Waals surface area contributed by atoms with Gasteiger partial charge >= 0.3 is 0 Å². The van der Waals surface area contributed by atoms with Crippen LogP contribution in [0.2, 0.25) is 0 Å². The predicted molar refractivity (Wildman–Crippen MR) is 41.3 cm³/mol. The van der Waals surface area contributed by atoms with E-state index in [1.165, 1.54) is 0 Å². The number of carbonyl (C=O) groups is 1. The smallest absolute Gasteiger partial charge is 0.237 e. The van der Waals surface area contributed by atoms with Crippen LogP contribution in [0.5, 0.6) is 0 Å². The fourth-order valence-corrected chi connectivity index (χ4v) is 1.28. The molecule has 0 spiro atoms. The van der Waals surface area contributed by atoms with E-state index >= 15 is 0 Å². The monoisotopic (exact) mass is 176 g/mol. The molecule has 0 aliphatic carbocycles. The van der Waals surface area contributed by atoms with Crippen molar-refractivity contribution in [3.8, 4) is 0 Å². The zero-order valence-corrected chi connectivity index (χ0v) is 6.83. The molecule has 1 saturated heterocycles. The zero-order chi connectivity index (χ0) is 8.97. The molecular weight excluding hydrogens is 163 g/mol. The molecule has 0 bridgehead atoms. The summed E-state index contributed by atoms with van der Waals surface area (Å²) in [5.74, 6) is -0.442. The van der Waals surface area contributed by atoms with E-state index in [0.717, 1.165) is 0 Å². The quantitative estimate of drug-likeness (QED) is 0.609. The predicted octanol–water partition coefficient (Wildman–Crippen LogP) is -0.858. The third-order valence-corrected chi connectivity index (χ3v) is 1.94. The van der Waals surface area contributed by atoms with E-state index in [4.69, 9.17) is 10.5 Å². The Morgan fingerprint density at radius 3 is 3.08 bits per heavy atom. The molecular formula is C7H13FN2O2. The Morgan fingerprint density at radius 1 is 1.75 bits per heavy atom. The molecule has 1 unspecified atom stereocenters. The van der Waals surface area contributed by atoms with Crippen molar-refractivity contribution in [2.75, 3.05) is 33.0 Å². The lowest BCUT2D eigenvalue weighted by atomic mass is 10.2. The molecule has 1 aliphatic rings. The van der Waals surface area contributed by atoms with E-state index in [1.54, 1.807) is 4.90 Å². The molecule has 0 radical (unpaired) electrons. The van der Waals surface area contributed by atoms with Gasteiger partial charge in [0.1, 0.15) is 12.7 Å². The first kappa shape index (κ1) is 9.41. The second kappa shape index (κ2) is 4.37. The zero-order valence-electron chi connectivity index (χ0n) is 6.83. The first-order valence-corrected chi connectivity index (χ1v) is 3.92. The third-order valence-electron chi connectivity index (χ3n) is 1.94. The molecule has 1 heterocycles. The second-order valence-electron chi connectivity index (χ2n) is 2.72. The summed E-state index contributed by atoms with van der Waals surface area (Å²) in [6.45, 7) is 1.22. The van der Waals surface area contributed by atoms with Crippen molar-refractivity contribution >= 4 is 5.91 Å². The summed E-state index contributed by atoms with van der Waals surface area (Å²) in [5.41, 5.74) is 5.10. The largest absolute Gasteiger partial charge is 0.378 e. The molecule has 1 fully saturated rings. The number of morpholine rings is 1. The van der Waals surface area contributed by atoms with Crippen molar-refractivity contribution in [1.29, 1.82) is 0 Å². The van der Waals surface area contributed by atoms with Crippen molar-refractivity contribution in [2.45, 2.75) is 6.04 Å². The molecule has 12 heavy (non-hydrogen) atoms. The van der Waals surface area contributed by atoms with Crippen LogP contribution >= 0.6 is 0 Å². The summed E-state index contributed by atoms with van der Waals surface area (Å²) in [5, 5.41) is 0. The first-order chi connectivity index (χ1) is 5.75. The summed E-state index contributed by atoms with van der Waals surface area (Å²) < 4.78 is 17.0. The Morgan fingerprint density at radius 2 is 2.50 bits per heavy atom. The van der Waals surface area contributed by atoms with Gasteiger partial charge in [0, 0.05) is 13.1 Å². The van der Waals surface area contributed by atoms with E-state index < -0.39 is 18.6 Å². The maximum absolute atomic E-state index is 12.0. The summed E-state index contributed by atoms with van der Waals surface area (Å²) in [4.78, 5) is 12.5. The number of hydrogen-bond donors (Lipinski definition) is 1. The Balaban J connectivity index is 2.48. The fourth-order valence-electron chi connectivity index (χ4n) is 1.28. The van der Waals surface area contributed by atoms with Crippen LogP contribution in [0.15, 0.2) is 0 Å². The molecule has 0 aromatic rings. The Bertz CT molecular complexity index is 163. The topological polar surface area (TPSA) is 55.6 Å². The number of alkyl halides is 1. The van der Waals surface area contributed by atoms with E-state index in [1.807, 2.05) is 0 Å². The summed E-state index contributed by atoms with van der Waals surface area (Å²) >= 11 is 0. The number of carbonyl (C=O) groups excluding carboxylic acids is 1. The lowest BCUT2D eigenvalue weighted by Gasteiger charge is -2.32. The number of hydrogen-bond acceptors (Lipinski definition) is 3. The Labute approximate surface area is 70.5 Å². The van der Waals surface area contributed by atoms with Gasteiger partial charge in [-0.05, 0) is 0 Å². The molecule has 1 amide bonds. The highest BCUT2D eigenvalue weighted by Gasteiger charge is 2.26. The molecule has 1 atom stereocenters. The van der Waals surface area contributed by atoms with Crippen LogP contribution in [-0.4, -0.2) is 49.8 Å². The van der Waals surface area contributed by atoms with Gasteiger partial charge in [-0.15, -0.1) is 0 Å². The molecule has 5 heteroatoms. The lowest BCUT2D eigenvalue weighted by molar-refractivity contribution is -0.129. The number of halogens is 1. The lowest BCUT2D eigenvalue weighted by Crippen LogP contribution is -2.52. The number of rotatable bonds is 3. The van der Waals surface area contributed by atoms with Crippen molar-refractivity contribution in [3.63, 3.8) is 0 Å². The van der Waals surface area contributed by atoms with Crippen LogP contribution in [0, 0.1) is 0 Å². The van der Waals surface area contributed by atoms with Crippen LogP contribution in [0.4, 0.5) is 4.39 Å². The van der Waals surface area contributed by atoms with Crippen LogP contribution in [-0.2, 0) is 9.53 Å². The average Bonchev–Trinajstić information content (AvgIpc) is 2.05. The van der Waals surface area contributed by atoms with Crippen molar-refractivity contribution in [3.05, 3.63) is 0 Å². The number of nitrogens with two attached hydrogens (primary N) is 1. The maximum Gasteiger partial charge on any atom is 0.237 e. The van der Waals surface area contributed by atoms with Crippen molar-refractivity contribution in [1.82, 2.24) is 4.90 Å². The van der Waals surface area contributed by atoms with Crippen LogP contribution in [0.3, 0.4) is 0 Å². The van der Waals surface area contributed by atoms with E-state index in [0.29, 0.717) is 13.2 Å². The van der Waals surface area contributed by atoms with Gasteiger partial charge in [-0.1, -0.05) is 0 Å². The van der Waals surface area contributed by atoms with Gasteiger partial charge < -0.3 is 10.5 Å². The van der Waals surface area contributed by atoms with Gasteiger partial charge in [0.25, 0.3) is 0 Å². The minimum atomic E-state index is -0.455. The van der Waals surface area contributed by atoms with Crippen LogP contribution in [0.1, 0.15) is 0 Å². The van der Waals surface area contributed by atoms with Crippen molar-refractivity contribution in [2.24, 2.45) is 5.73 Å². The minimum Gasteiger partial charge on any atom is -0.378 e. The van der Waals surface area contributed by atoms with Gasteiger partial charge in [-0.3, -0.25) is 9.69 Å². The summed E-state index contributed by atoms with van der Waals surface area (Å²) in [7, 11) is 0. The number of nitrogens with zero attached hydrogens (tertiary/aromatic N) is 1. The minimum absolute atomic E-state index is 0.261. The Kier molecular flexibility index (Phi) is 3.43. The summed E-state index contributed by atoms with van der Waals surface area (Å²) in [6, 6.07) is -0.450. The summed E-state index contributed by atoms with van der Waals surface area (Å²) in [6.07, 6.45) is 0. The van der Waals surface area contributed by atoms with Crippen LogP contribution < -0.4 is 5.73 Å². The molecule has 0 aromatic carbocycles. The second-order valence-corrected chi connectivity index (χ2v) is 2.72. The van der Waals surface area contributed by atoms with E-state index in [-0.39, 0.29) is 13.2 Å². The maximum atomic E-state index is 12.0. The van der Waals surface area contributed by atoms with Gasteiger partial charge in [0.05, 0.1) is 13.2 Å². The van der Waals surface area contributed by atoms with Gasteiger partial charge in [0.15, 0.2) is 0 Å². The molecule has 1 aliphatic heterocycles. The van der Waals surface area contributed by atoms with Crippen LogP contribution in [0.25, 0.3) is 0 Å².